The smallest absolute Gasteiger partial charge is 0.109 e. The molecule has 2 unspecified atom stereocenters. The lowest BCUT2D eigenvalue weighted by Crippen LogP contribution is -2.42. The molecule has 0 saturated heterocycles. The van der Waals surface area contributed by atoms with Crippen LogP contribution in [0.5, 0.6) is 0 Å². The minimum atomic E-state index is -0.661. The number of aliphatic hydroxyl groups is 1. The fourth-order valence-electron chi connectivity index (χ4n) is 1.10. The molecule has 0 aliphatic rings. The molecule has 0 bridgehead atoms. The predicted molar refractivity (Wildman–Crippen MR) is 64.0 cm³/mol. The fraction of sp³-hybridized carbons (Fsp3) is 0.727. The van der Waals surface area contributed by atoms with Gasteiger partial charge in [-0.3, -0.25) is 0 Å². The molecular weight excluding hydrogens is 208 g/mol. The largest absolute Gasteiger partial charge is 0.389 e. The monoisotopic (exact) mass is 228 g/mol. The van der Waals surface area contributed by atoms with E-state index in [2.05, 4.69) is 17.2 Å². The summed E-state index contributed by atoms with van der Waals surface area (Å²) in [5, 5.41) is 16.4. The Morgan fingerprint density at radius 1 is 1.53 bits per heavy atom. The summed E-state index contributed by atoms with van der Waals surface area (Å²) < 4.78 is 0. The first kappa shape index (κ1) is 12.6. The van der Waals surface area contributed by atoms with E-state index in [-0.39, 0.29) is 12.0 Å². The molecule has 0 aliphatic carbocycles. The summed E-state index contributed by atoms with van der Waals surface area (Å²) in [5.74, 6) is 0.244. The maximum atomic E-state index is 10.1. The molecule has 0 amide bonds. The Morgan fingerprint density at radius 2 is 2.20 bits per heavy atom. The van der Waals surface area contributed by atoms with Crippen LogP contribution in [0.4, 0.5) is 0 Å². The molecule has 0 radical (unpaired) electrons. The normalized spacial score (nSPS) is 17.7. The van der Waals surface area contributed by atoms with Crippen molar-refractivity contribution in [1.29, 1.82) is 0 Å². The highest BCUT2D eigenvalue weighted by molar-refractivity contribution is 7.09. The summed E-state index contributed by atoms with van der Waals surface area (Å²) >= 11 is 1.63. The van der Waals surface area contributed by atoms with Crippen LogP contribution >= 0.6 is 11.3 Å². The highest BCUT2D eigenvalue weighted by Crippen LogP contribution is 2.18. The van der Waals surface area contributed by atoms with Crippen LogP contribution in [0.25, 0.3) is 0 Å². The van der Waals surface area contributed by atoms with Crippen molar-refractivity contribution < 1.29 is 5.11 Å². The van der Waals surface area contributed by atoms with Gasteiger partial charge in [0, 0.05) is 18.1 Å². The maximum Gasteiger partial charge on any atom is 0.109 e. The van der Waals surface area contributed by atoms with Crippen molar-refractivity contribution in [2.45, 2.75) is 39.3 Å². The summed E-state index contributed by atoms with van der Waals surface area (Å²) in [6, 6.07) is 0.204. The van der Waals surface area contributed by atoms with Crippen molar-refractivity contribution in [2.24, 2.45) is 5.92 Å². The van der Waals surface area contributed by atoms with E-state index in [1.54, 1.807) is 17.5 Å². The number of hydrogen-bond donors (Lipinski definition) is 2. The molecule has 0 aliphatic heterocycles. The first-order valence-corrected chi connectivity index (χ1v) is 6.16. The van der Waals surface area contributed by atoms with Gasteiger partial charge in [-0.05, 0) is 19.8 Å². The molecule has 2 N–H and O–H groups in total. The average Bonchev–Trinajstić information content (AvgIpc) is 2.66. The quantitative estimate of drug-likeness (QED) is 0.812. The lowest BCUT2D eigenvalue weighted by Gasteiger charge is -2.29. The minimum absolute atomic E-state index is 0.204. The van der Waals surface area contributed by atoms with Crippen molar-refractivity contribution in [1.82, 2.24) is 10.3 Å². The number of nitrogens with one attached hydrogen (secondary N) is 1. The highest BCUT2D eigenvalue weighted by atomic mass is 32.1. The third kappa shape index (κ3) is 3.55. The minimum Gasteiger partial charge on any atom is -0.389 e. The molecular formula is C11H20N2OS. The van der Waals surface area contributed by atoms with E-state index in [0.29, 0.717) is 6.54 Å². The average molecular weight is 228 g/mol. The summed E-state index contributed by atoms with van der Waals surface area (Å²) in [4.78, 5) is 4.24. The molecule has 86 valence electrons. The third-order valence-corrected chi connectivity index (χ3v) is 3.79. The Hall–Kier alpha value is -0.450. The van der Waals surface area contributed by atoms with Crippen molar-refractivity contribution >= 4 is 11.3 Å². The van der Waals surface area contributed by atoms with E-state index in [1.165, 1.54) is 0 Å². The molecule has 1 aromatic rings. The van der Waals surface area contributed by atoms with Crippen molar-refractivity contribution in [3.63, 3.8) is 0 Å². The molecule has 1 rings (SSSR count). The van der Waals surface area contributed by atoms with Crippen molar-refractivity contribution in [2.75, 3.05) is 6.54 Å². The van der Waals surface area contributed by atoms with Gasteiger partial charge in [-0.25, -0.2) is 4.98 Å². The van der Waals surface area contributed by atoms with Gasteiger partial charge in [0.15, 0.2) is 0 Å². The van der Waals surface area contributed by atoms with Gasteiger partial charge in [0.2, 0.25) is 0 Å². The molecule has 0 aromatic carbocycles. The highest BCUT2D eigenvalue weighted by Gasteiger charge is 2.25. The number of thiazole rings is 1. The van der Waals surface area contributed by atoms with Gasteiger partial charge in [0.05, 0.1) is 11.6 Å². The second-order valence-electron chi connectivity index (χ2n) is 4.48. The third-order valence-electron chi connectivity index (χ3n) is 2.83. The Morgan fingerprint density at radius 3 is 2.67 bits per heavy atom. The zero-order valence-electron chi connectivity index (χ0n) is 9.82. The molecule has 4 heteroatoms. The van der Waals surface area contributed by atoms with Crippen LogP contribution in [0, 0.1) is 5.92 Å². The van der Waals surface area contributed by atoms with Gasteiger partial charge in [-0.15, -0.1) is 11.3 Å². The first-order valence-electron chi connectivity index (χ1n) is 5.28. The van der Waals surface area contributed by atoms with Crippen LogP contribution < -0.4 is 5.32 Å². The van der Waals surface area contributed by atoms with Gasteiger partial charge in [-0.1, -0.05) is 13.8 Å². The van der Waals surface area contributed by atoms with E-state index in [4.69, 9.17) is 0 Å². The number of aromatic nitrogens is 1. The Kier molecular flexibility index (Phi) is 4.25. The molecule has 3 nitrogen and oxygen atoms in total. The van der Waals surface area contributed by atoms with Crippen LogP contribution in [0.2, 0.25) is 0 Å². The molecule has 1 heterocycles. The van der Waals surface area contributed by atoms with Crippen LogP contribution in [0.15, 0.2) is 11.6 Å². The summed E-state index contributed by atoms with van der Waals surface area (Å²) in [6.07, 6.45) is 1.80. The molecule has 0 saturated carbocycles. The van der Waals surface area contributed by atoms with Crippen LogP contribution in [-0.2, 0) is 0 Å². The Labute approximate surface area is 95.6 Å². The van der Waals surface area contributed by atoms with Gasteiger partial charge in [-0.2, -0.15) is 0 Å². The molecule has 0 spiro atoms. The molecule has 1 aromatic heterocycles. The van der Waals surface area contributed by atoms with Crippen molar-refractivity contribution in [3.8, 4) is 0 Å². The second-order valence-corrected chi connectivity index (χ2v) is 5.41. The van der Waals surface area contributed by atoms with Crippen molar-refractivity contribution in [3.05, 3.63) is 16.6 Å². The first-order chi connectivity index (χ1) is 6.93. The van der Waals surface area contributed by atoms with Gasteiger partial charge >= 0.3 is 0 Å². The Balaban J connectivity index is 2.44. The summed E-state index contributed by atoms with van der Waals surface area (Å²) in [7, 11) is 0. The lowest BCUT2D eigenvalue weighted by atomic mass is 9.92. The summed E-state index contributed by atoms with van der Waals surface area (Å²) in [6.45, 7) is 8.56. The summed E-state index contributed by atoms with van der Waals surface area (Å²) in [5.41, 5.74) is -0.661. The van der Waals surface area contributed by atoms with E-state index in [1.807, 2.05) is 26.2 Å². The van der Waals surface area contributed by atoms with E-state index >= 15 is 0 Å². The molecule has 15 heavy (non-hydrogen) atoms. The van der Waals surface area contributed by atoms with Gasteiger partial charge in [0.25, 0.3) is 0 Å². The fourth-order valence-corrected chi connectivity index (χ4v) is 1.77. The van der Waals surface area contributed by atoms with E-state index < -0.39 is 5.60 Å². The maximum absolute atomic E-state index is 10.1. The standard InChI is InChI=1S/C11H20N2OS/c1-8(2)11(4,14)7-13-9(3)10-12-5-6-15-10/h5-6,8-9,13-14H,7H2,1-4H3. The number of nitrogens with zero attached hydrogens (tertiary/aromatic N) is 1. The number of hydrogen-bond acceptors (Lipinski definition) is 4. The second kappa shape index (κ2) is 5.05. The topological polar surface area (TPSA) is 45.1 Å². The zero-order valence-corrected chi connectivity index (χ0v) is 10.6. The number of rotatable bonds is 5. The van der Waals surface area contributed by atoms with Crippen LogP contribution in [-0.4, -0.2) is 22.2 Å². The van der Waals surface area contributed by atoms with Crippen LogP contribution in [0.3, 0.4) is 0 Å². The van der Waals surface area contributed by atoms with E-state index in [0.717, 1.165) is 5.01 Å². The zero-order chi connectivity index (χ0) is 11.5. The van der Waals surface area contributed by atoms with E-state index in [9.17, 15) is 5.11 Å². The SMILES string of the molecule is CC(NCC(C)(O)C(C)C)c1nccs1. The van der Waals surface area contributed by atoms with Gasteiger partial charge < -0.3 is 10.4 Å². The van der Waals surface area contributed by atoms with Crippen LogP contribution in [0.1, 0.15) is 38.7 Å². The van der Waals surface area contributed by atoms with Gasteiger partial charge in [0.1, 0.15) is 5.01 Å². The Bertz CT molecular complexity index is 283. The lowest BCUT2D eigenvalue weighted by molar-refractivity contribution is 0.0122. The predicted octanol–water partition coefficient (Wildman–Crippen LogP) is 2.20. The molecule has 2 atom stereocenters. The molecule has 0 fully saturated rings.